The van der Waals surface area contributed by atoms with Crippen LogP contribution in [0.1, 0.15) is 110 Å². The smallest absolute Gasteiger partial charge is 0.462 e. The van der Waals surface area contributed by atoms with Crippen molar-refractivity contribution in [3.8, 4) is 0 Å². The Morgan fingerprint density at radius 1 is 0.603 bits per heavy atom. The van der Waals surface area contributed by atoms with Gasteiger partial charge >= 0.3 is 19.8 Å². The Bertz CT molecular complexity index is 1420. The molecule has 0 rings (SSSR count). The second kappa shape index (κ2) is 41.3. The molecule has 0 heterocycles. The van der Waals surface area contributed by atoms with E-state index < -0.39 is 45.2 Å². The monoisotopic (exact) mass is 825 g/mol. The van der Waals surface area contributed by atoms with Gasteiger partial charge in [0.05, 0.1) is 19.3 Å². The molecule has 0 aromatic carbocycles. The van der Waals surface area contributed by atoms with E-state index in [1.165, 1.54) is 0 Å². The van der Waals surface area contributed by atoms with Crippen molar-refractivity contribution in [1.82, 2.24) is 0 Å². The molecule has 0 aliphatic carbocycles. The number of allylic oxidation sites excluding steroid dienone is 21. The third-order valence-corrected chi connectivity index (χ3v) is 8.63. The van der Waals surface area contributed by atoms with Crippen molar-refractivity contribution in [3.05, 3.63) is 134 Å². The number of rotatable bonds is 36. The number of ether oxygens (including phenoxy) is 2. The lowest BCUT2D eigenvalue weighted by atomic mass is 10.2. The SMILES string of the molecule is CC/C=C\C/C=C\C/C=C\C/C=C\C/C=C\C=C/C(O)CCC(=O)OC[C@H](COP(=O)(O)OCCN)OC(=O)CCC/C=C\C/C=C\C/C=C\C/C=C\C/C=C\CC. The summed E-state index contributed by atoms with van der Waals surface area (Å²) in [5, 5.41) is 10.3. The lowest BCUT2D eigenvalue weighted by Gasteiger charge is -2.20. The van der Waals surface area contributed by atoms with Crippen LogP contribution in [0.5, 0.6) is 0 Å². The van der Waals surface area contributed by atoms with Gasteiger partial charge in [0.1, 0.15) is 6.61 Å². The van der Waals surface area contributed by atoms with Gasteiger partial charge in [-0.2, -0.15) is 0 Å². The first kappa shape index (κ1) is 54.1. The zero-order chi connectivity index (χ0) is 42.6. The highest BCUT2D eigenvalue weighted by Gasteiger charge is 2.26. The van der Waals surface area contributed by atoms with Gasteiger partial charge in [-0.25, -0.2) is 4.57 Å². The molecule has 10 nitrogen and oxygen atoms in total. The van der Waals surface area contributed by atoms with Gasteiger partial charge < -0.3 is 25.2 Å². The predicted molar refractivity (Wildman–Crippen MR) is 239 cm³/mol. The summed E-state index contributed by atoms with van der Waals surface area (Å²) in [6.07, 6.45) is 54.0. The number of carbonyl (C=O) groups excluding carboxylic acids is 2. The normalized spacial score (nSPS) is 15.2. The molecule has 0 aliphatic rings. The third kappa shape index (κ3) is 40.3. The Hall–Kier alpha value is -3.89. The van der Waals surface area contributed by atoms with E-state index in [4.69, 9.17) is 24.3 Å². The van der Waals surface area contributed by atoms with E-state index in [1.54, 1.807) is 12.2 Å². The number of hydrogen-bond donors (Lipinski definition) is 3. The predicted octanol–water partition coefficient (Wildman–Crippen LogP) is 10.9. The molecule has 0 aromatic heterocycles. The zero-order valence-corrected chi connectivity index (χ0v) is 36.0. The molecule has 324 valence electrons. The maximum absolute atomic E-state index is 12.6. The van der Waals surface area contributed by atoms with Gasteiger partial charge in [0, 0.05) is 19.4 Å². The van der Waals surface area contributed by atoms with Crippen LogP contribution in [-0.2, 0) is 32.7 Å². The number of unbranched alkanes of at least 4 members (excludes halogenated alkanes) is 1. The number of aliphatic hydroxyl groups is 1. The van der Waals surface area contributed by atoms with E-state index in [1.807, 2.05) is 24.3 Å². The van der Waals surface area contributed by atoms with Crippen LogP contribution in [0.4, 0.5) is 0 Å². The maximum Gasteiger partial charge on any atom is 0.472 e. The minimum Gasteiger partial charge on any atom is -0.462 e. The Morgan fingerprint density at radius 2 is 1.07 bits per heavy atom. The molecule has 4 N–H and O–H groups in total. The zero-order valence-electron chi connectivity index (χ0n) is 35.1. The van der Waals surface area contributed by atoms with Crippen molar-refractivity contribution in [3.63, 3.8) is 0 Å². The van der Waals surface area contributed by atoms with Gasteiger partial charge in [-0.1, -0.05) is 148 Å². The van der Waals surface area contributed by atoms with Crippen LogP contribution in [0.25, 0.3) is 0 Å². The van der Waals surface area contributed by atoms with Crippen LogP contribution in [-0.4, -0.2) is 60.5 Å². The lowest BCUT2D eigenvalue weighted by Crippen LogP contribution is -2.29. The average molecular weight is 826 g/mol. The summed E-state index contributed by atoms with van der Waals surface area (Å²) in [6, 6.07) is 0. The molecule has 0 aliphatic heterocycles. The van der Waals surface area contributed by atoms with Crippen molar-refractivity contribution in [1.29, 1.82) is 0 Å². The van der Waals surface area contributed by atoms with Crippen LogP contribution in [0, 0.1) is 0 Å². The van der Waals surface area contributed by atoms with Gasteiger partial charge in [-0.15, -0.1) is 0 Å². The number of esters is 2. The number of nitrogens with two attached hydrogens (primary N) is 1. The van der Waals surface area contributed by atoms with E-state index in [0.717, 1.165) is 64.2 Å². The quantitative estimate of drug-likeness (QED) is 0.0183. The van der Waals surface area contributed by atoms with Gasteiger partial charge in [-0.3, -0.25) is 18.6 Å². The highest BCUT2D eigenvalue weighted by Crippen LogP contribution is 2.43. The van der Waals surface area contributed by atoms with Gasteiger partial charge in [0.15, 0.2) is 6.10 Å². The first-order valence-corrected chi connectivity index (χ1v) is 22.3. The fraction of sp³-hybridized carbons (Fsp3) is 0.489. The number of carbonyl (C=O) groups is 2. The van der Waals surface area contributed by atoms with Crippen molar-refractivity contribution < 1.29 is 42.7 Å². The average Bonchev–Trinajstić information content (AvgIpc) is 3.21. The molecule has 3 atom stereocenters. The summed E-state index contributed by atoms with van der Waals surface area (Å²) in [5.41, 5.74) is 5.33. The van der Waals surface area contributed by atoms with Crippen LogP contribution in [0.3, 0.4) is 0 Å². The molecule has 0 radical (unpaired) electrons. The minimum atomic E-state index is -4.46. The molecule has 58 heavy (non-hydrogen) atoms. The summed E-state index contributed by atoms with van der Waals surface area (Å²) in [5.74, 6) is -1.20. The summed E-state index contributed by atoms with van der Waals surface area (Å²) in [7, 11) is -4.46. The summed E-state index contributed by atoms with van der Waals surface area (Å²) in [6.45, 7) is 3.11. The molecular formula is C47H72NO9P. The number of phosphoric ester groups is 1. The number of aliphatic hydroxyl groups excluding tert-OH is 1. The Morgan fingerprint density at radius 3 is 1.55 bits per heavy atom. The molecule has 0 fully saturated rings. The molecule has 0 amide bonds. The highest BCUT2D eigenvalue weighted by atomic mass is 31.2. The van der Waals surface area contributed by atoms with Crippen molar-refractivity contribution >= 4 is 19.8 Å². The summed E-state index contributed by atoms with van der Waals surface area (Å²) < 4.78 is 32.5. The lowest BCUT2D eigenvalue weighted by molar-refractivity contribution is -0.161. The summed E-state index contributed by atoms with van der Waals surface area (Å²) in [4.78, 5) is 34.8. The second-order valence-corrected chi connectivity index (χ2v) is 14.4. The number of phosphoric acid groups is 1. The summed E-state index contributed by atoms with van der Waals surface area (Å²) >= 11 is 0. The highest BCUT2D eigenvalue weighted by molar-refractivity contribution is 7.47. The van der Waals surface area contributed by atoms with Crippen LogP contribution in [0.2, 0.25) is 0 Å². The topological polar surface area (TPSA) is 155 Å². The second-order valence-electron chi connectivity index (χ2n) is 12.9. The Kier molecular flexibility index (Phi) is 38.5. The van der Waals surface area contributed by atoms with Gasteiger partial charge in [0.25, 0.3) is 0 Å². The van der Waals surface area contributed by atoms with E-state index in [2.05, 4.69) is 111 Å². The molecule has 0 aromatic rings. The van der Waals surface area contributed by atoms with Gasteiger partial charge in [0.2, 0.25) is 0 Å². The molecule has 0 saturated carbocycles. The van der Waals surface area contributed by atoms with E-state index >= 15 is 0 Å². The molecule has 0 bridgehead atoms. The van der Waals surface area contributed by atoms with Crippen molar-refractivity contribution in [2.24, 2.45) is 5.73 Å². The number of hydrogen-bond acceptors (Lipinski definition) is 9. The van der Waals surface area contributed by atoms with E-state index in [-0.39, 0.29) is 32.4 Å². The molecule has 0 saturated heterocycles. The first-order chi connectivity index (χ1) is 28.2. The third-order valence-electron chi connectivity index (χ3n) is 7.65. The standard InChI is InChI=1S/C47H72NO9P/c1-3-5-7-9-11-13-15-17-19-21-23-25-27-29-31-33-35-37-47(51)57-45(43-56-58(52,53)55-41-40-48)42-54-46(50)39-38-44(49)36-34-32-30-28-26-24-22-20-18-16-14-12-10-8-6-4-2/h5-8,11-14,17-20,23-26,29-32,34,36,44-45,49H,3-4,9-10,15-16,21-22,27-28,33,35,37-43,48H2,1-2H3,(H,52,53)/b7-5-,8-6-,13-11-,14-12-,19-17-,20-18-,25-23-,26-24-,31-29-,32-30-,36-34-/t44?,45-/m1/s1. The Labute approximate surface area is 349 Å². The minimum absolute atomic E-state index is 0.00514. The fourth-order valence-electron chi connectivity index (χ4n) is 4.60. The van der Waals surface area contributed by atoms with Crippen LogP contribution < -0.4 is 5.73 Å². The van der Waals surface area contributed by atoms with Gasteiger partial charge in [-0.05, 0) is 83.5 Å². The molecule has 2 unspecified atom stereocenters. The van der Waals surface area contributed by atoms with Crippen molar-refractivity contribution in [2.45, 2.75) is 122 Å². The van der Waals surface area contributed by atoms with Crippen LogP contribution >= 0.6 is 7.82 Å². The molecule has 0 spiro atoms. The van der Waals surface area contributed by atoms with E-state index in [9.17, 15) is 24.2 Å². The van der Waals surface area contributed by atoms with E-state index in [0.29, 0.717) is 12.8 Å². The fourth-order valence-corrected chi connectivity index (χ4v) is 5.37. The maximum atomic E-state index is 12.6. The first-order valence-electron chi connectivity index (χ1n) is 20.8. The largest absolute Gasteiger partial charge is 0.472 e. The molecule has 11 heteroatoms. The molecular weight excluding hydrogens is 753 g/mol. The Balaban J connectivity index is 4.54. The van der Waals surface area contributed by atoms with Crippen LogP contribution in [0.15, 0.2) is 134 Å². The van der Waals surface area contributed by atoms with Crippen molar-refractivity contribution in [2.75, 3.05) is 26.4 Å².